The van der Waals surface area contributed by atoms with Gasteiger partial charge in [0.2, 0.25) is 0 Å². The van der Waals surface area contributed by atoms with Crippen molar-refractivity contribution in [2.24, 2.45) is 5.11 Å². The number of nitrogens with zero attached hydrogens (tertiary/aromatic N) is 3. The number of azide groups is 1. The summed E-state index contributed by atoms with van der Waals surface area (Å²) >= 11 is 0. The van der Waals surface area contributed by atoms with Gasteiger partial charge in [-0.2, -0.15) is 0 Å². The molecule has 12 heavy (non-hydrogen) atoms. The zero-order valence-electron chi connectivity index (χ0n) is 6.90. The molecule has 64 valence electrons. The fourth-order valence-electron chi connectivity index (χ4n) is 2.15. The number of rotatable bonds is 1. The lowest BCUT2D eigenvalue weighted by Gasteiger charge is -2.22. The van der Waals surface area contributed by atoms with Crippen LogP contribution in [0.5, 0.6) is 0 Å². The summed E-state index contributed by atoms with van der Waals surface area (Å²) in [4.78, 5) is 2.73. The van der Waals surface area contributed by atoms with E-state index in [1.807, 2.05) is 0 Å². The largest absolute Gasteiger partial charge is 0.311 e. The number of nitrogens with one attached hydrogen (secondary N) is 1. The average molecular weight is 164 g/mol. The first kappa shape index (κ1) is 7.65. The highest BCUT2D eigenvalue weighted by Crippen LogP contribution is 2.30. The predicted molar refractivity (Wildman–Crippen MR) is 46.4 cm³/mol. The Kier molecular flexibility index (Phi) is 2.02. The van der Waals surface area contributed by atoms with Gasteiger partial charge in [0, 0.05) is 23.2 Å². The minimum atomic E-state index is 0.642. The Hall–Kier alpha value is -0.990. The van der Waals surface area contributed by atoms with Crippen LogP contribution in [0.3, 0.4) is 0 Å². The summed E-state index contributed by atoms with van der Waals surface area (Å²) in [6.45, 7) is 0. The van der Waals surface area contributed by atoms with Gasteiger partial charge in [-0.15, -0.1) is 0 Å². The maximum Gasteiger partial charge on any atom is 0.0108 e. The van der Waals surface area contributed by atoms with E-state index >= 15 is 0 Å². The maximum absolute atomic E-state index is 8.14. The van der Waals surface area contributed by atoms with Crippen molar-refractivity contribution in [2.45, 2.75) is 37.8 Å². The van der Waals surface area contributed by atoms with Crippen molar-refractivity contribution in [1.82, 2.24) is 5.32 Å². The molecule has 4 heteroatoms. The number of hydrogen-bond acceptors (Lipinski definition) is 2. The first-order valence-corrected chi connectivity index (χ1v) is 4.36. The molecule has 2 atom stereocenters. The molecular formula is C8H12N4. The molecule has 0 amide bonds. The fourth-order valence-corrected chi connectivity index (χ4v) is 2.15. The Bertz CT molecular complexity index is 238. The van der Waals surface area contributed by atoms with E-state index in [0.29, 0.717) is 12.1 Å². The molecule has 0 aromatic rings. The minimum Gasteiger partial charge on any atom is -0.311 e. The summed E-state index contributed by atoms with van der Waals surface area (Å²) < 4.78 is 0. The van der Waals surface area contributed by atoms with Crippen molar-refractivity contribution in [3.8, 4) is 0 Å². The average Bonchev–Trinajstić information content (AvgIpc) is 2.42. The number of hydrogen-bond donors (Lipinski definition) is 1. The van der Waals surface area contributed by atoms with E-state index in [9.17, 15) is 0 Å². The fraction of sp³-hybridized carbons (Fsp3) is 0.750. The van der Waals surface area contributed by atoms with Crippen LogP contribution in [-0.2, 0) is 0 Å². The van der Waals surface area contributed by atoms with E-state index in [1.165, 1.54) is 18.4 Å². The van der Waals surface area contributed by atoms with E-state index in [2.05, 4.69) is 15.3 Å². The topological polar surface area (TPSA) is 60.8 Å². The van der Waals surface area contributed by atoms with Crippen LogP contribution >= 0.6 is 0 Å². The predicted octanol–water partition coefficient (Wildman–Crippen LogP) is 2.10. The van der Waals surface area contributed by atoms with Gasteiger partial charge in [0.05, 0.1) is 0 Å². The standard InChI is InChI=1S/C8H12N4/c9-12-10-5-6-3-7-1-2-8(4-6)11-7/h5,7-8,11H,1-4H2. The van der Waals surface area contributed by atoms with E-state index < -0.39 is 0 Å². The van der Waals surface area contributed by atoms with Gasteiger partial charge in [0.15, 0.2) is 0 Å². The van der Waals surface area contributed by atoms with Crippen molar-refractivity contribution in [3.05, 3.63) is 22.2 Å². The molecule has 2 fully saturated rings. The Morgan fingerprint density at radius 3 is 2.67 bits per heavy atom. The SMILES string of the molecule is [N-]=[N+]=NC=C1CC2CCC(C1)N2. The molecule has 2 heterocycles. The smallest absolute Gasteiger partial charge is 0.0108 e. The second-order valence-electron chi connectivity index (χ2n) is 3.54. The molecule has 2 aliphatic rings. The van der Waals surface area contributed by atoms with Gasteiger partial charge in [0.25, 0.3) is 0 Å². The van der Waals surface area contributed by atoms with E-state index in [0.717, 1.165) is 12.8 Å². The van der Waals surface area contributed by atoms with Crippen LogP contribution in [0, 0.1) is 0 Å². The van der Waals surface area contributed by atoms with Crippen LogP contribution in [0.1, 0.15) is 25.7 Å². The Balaban J connectivity index is 2.06. The molecule has 0 spiro atoms. The van der Waals surface area contributed by atoms with Gasteiger partial charge in [-0.1, -0.05) is 10.7 Å². The van der Waals surface area contributed by atoms with E-state index in [-0.39, 0.29) is 0 Å². The zero-order chi connectivity index (χ0) is 8.39. The summed E-state index contributed by atoms with van der Waals surface area (Å²) in [5, 5.41) is 7.00. The van der Waals surface area contributed by atoms with Gasteiger partial charge in [-0.3, -0.25) is 0 Å². The lowest BCUT2D eigenvalue weighted by molar-refractivity contribution is 0.473. The molecule has 0 radical (unpaired) electrons. The molecule has 0 aliphatic carbocycles. The van der Waals surface area contributed by atoms with Crippen LogP contribution in [-0.4, -0.2) is 12.1 Å². The summed E-state index contributed by atoms with van der Waals surface area (Å²) in [6, 6.07) is 1.28. The first-order valence-electron chi connectivity index (χ1n) is 4.36. The third kappa shape index (κ3) is 1.44. The molecule has 0 aromatic carbocycles. The third-order valence-electron chi connectivity index (χ3n) is 2.64. The molecule has 2 bridgehead atoms. The third-order valence-corrected chi connectivity index (χ3v) is 2.64. The molecule has 2 rings (SSSR count). The molecule has 4 nitrogen and oxygen atoms in total. The highest BCUT2D eigenvalue weighted by molar-refractivity contribution is 5.12. The molecule has 0 saturated carbocycles. The Morgan fingerprint density at radius 1 is 1.42 bits per heavy atom. The van der Waals surface area contributed by atoms with Crippen LogP contribution in [0.15, 0.2) is 16.9 Å². The van der Waals surface area contributed by atoms with Crippen LogP contribution in [0.25, 0.3) is 10.4 Å². The van der Waals surface area contributed by atoms with Gasteiger partial charge in [-0.05, 0) is 31.2 Å². The van der Waals surface area contributed by atoms with E-state index in [4.69, 9.17) is 5.53 Å². The van der Waals surface area contributed by atoms with Gasteiger partial charge < -0.3 is 5.32 Å². The van der Waals surface area contributed by atoms with Crippen LogP contribution < -0.4 is 5.32 Å². The zero-order valence-corrected chi connectivity index (χ0v) is 6.90. The van der Waals surface area contributed by atoms with Crippen molar-refractivity contribution in [3.63, 3.8) is 0 Å². The Morgan fingerprint density at radius 2 is 2.08 bits per heavy atom. The van der Waals surface area contributed by atoms with Gasteiger partial charge in [0.1, 0.15) is 0 Å². The van der Waals surface area contributed by atoms with Crippen molar-refractivity contribution in [2.75, 3.05) is 0 Å². The normalized spacial score (nSPS) is 32.8. The molecular weight excluding hydrogens is 152 g/mol. The first-order chi connectivity index (χ1) is 5.88. The van der Waals surface area contributed by atoms with Crippen molar-refractivity contribution >= 4 is 0 Å². The van der Waals surface area contributed by atoms with Crippen LogP contribution in [0.4, 0.5) is 0 Å². The van der Waals surface area contributed by atoms with Crippen molar-refractivity contribution < 1.29 is 0 Å². The minimum absolute atomic E-state index is 0.642. The number of piperidine rings is 1. The molecule has 2 unspecified atom stereocenters. The summed E-state index contributed by atoms with van der Waals surface area (Å²) in [6.07, 6.45) is 6.37. The van der Waals surface area contributed by atoms with Crippen LogP contribution in [0.2, 0.25) is 0 Å². The second kappa shape index (κ2) is 3.17. The van der Waals surface area contributed by atoms with Gasteiger partial charge in [-0.25, -0.2) is 0 Å². The summed E-state index contributed by atoms with van der Waals surface area (Å²) in [5.41, 5.74) is 9.45. The Labute approximate surface area is 71.3 Å². The lowest BCUT2D eigenvalue weighted by Crippen LogP contribution is -2.34. The molecule has 1 N–H and O–H groups in total. The quantitative estimate of drug-likeness (QED) is 0.360. The summed E-state index contributed by atoms with van der Waals surface area (Å²) in [7, 11) is 0. The number of fused-ring (bicyclic) bond motifs is 2. The monoisotopic (exact) mass is 164 g/mol. The molecule has 2 saturated heterocycles. The summed E-state index contributed by atoms with van der Waals surface area (Å²) in [5.74, 6) is 0. The highest BCUT2D eigenvalue weighted by Gasteiger charge is 2.29. The van der Waals surface area contributed by atoms with Crippen molar-refractivity contribution in [1.29, 1.82) is 0 Å². The second-order valence-corrected chi connectivity index (χ2v) is 3.54. The van der Waals surface area contributed by atoms with Gasteiger partial charge >= 0.3 is 0 Å². The van der Waals surface area contributed by atoms with E-state index in [1.54, 1.807) is 6.20 Å². The lowest BCUT2D eigenvalue weighted by atomic mass is 10.0. The molecule has 2 aliphatic heterocycles. The molecule has 0 aromatic heterocycles. The highest BCUT2D eigenvalue weighted by atomic mass is 15.1. The maximum atomic E-state index is 8.14.